The zero-order valence-corrected chi connectivity index (χ0v) is 14.7. The topological polar surface area (TPSA) is 95.3 Å². The van der Waals surface area contributed by atoms with Crippen LogP contribution in [0.1, 0.15) is 5.69 Å². The lowest BCUT2D eigenvalue weighted by Gasteiger charge is -2.19. The van der Waals surface area contributed by atoms with Gasteiger partial charge in [-0.2, -0.15) is 9.78 Å². The molecule has 1 aliphatic rings. The molecule has 8 nitrogen and oxygen atoms in total. The summed E-state index contributed by atoms with van der Waals surface area (Å²) < 4.78 is 40.5. The molecule has 1 aliphatic heterocycles. The summed E-state index contributed by atoms with van der Waals surface area (Å²) in [7, 11) is -3.84. The molecule has 0 amide bonds. The molecular formula is C17H16N4O4S. The van der Waals surface area contributed by atoms with Crippen LogP contribution in [0.25, 0.3) is 5.82 Å². The third-order valence-electron chi connectivity index (χ3n) is 3.76. The third-order valence-corrected chi connectivity index (χ3v) is 5.11. The number of sulfonamides is 1. The molecule has 4 rings (SSSR count). The van der Waals surface area contributed by atoms with Crippen molar-refractivity contribution in [1.82, 2.24) is 14.8 Å². The maximum absolute atomic E-state index is 12.8. The van der Waals surface area contributed by atoms with Crippen LogP contribution in [0.3, 0.4) is 0 Å². The quantitative estimate of drug-likeness (QED) is 0.754. The van der Waals surface area contributed by atoms with Crippen LogP contribution in [0.4, 0.5) is 5.82 Å². The van der Waals surface area contributed by atoms with Gasteiger partial charge in [-0.05, 0) is 31.2 Å². The van der Waals surface area contributed by atoms with E-state index in [1.807, 2.05) is 0 Å². The molecule has 0 fully saturated rings. The van der Waals surface area contributed by atoms with Gasteiger partial charge in [-0.25, -0.2) is 13.4 Å². The molecule has 0 aliphatic carbocycles. The van der Waals surface area contributed by atoms with E-state index in [2.05, 4.69) is 14.8 Å². The molecule has 0 unspecified atom stereocenters. The van der Waals surface area contributed by atoms with Crippen molar-refractivity contribution in [2.45, 2.75) is 11.8 Å². The second-order valence-electron chi connectivity index (χ2n) is 5.68. The highest BCUT2D eigenvalue weighted by Gasteiger charge is 2.21. The number of nitrogens with zero attached hydrogens (tertiary/aromatic N) is 3. The SMILES string of the molecule is Cc1cc(NS(=O)(=O)c2ccc3c(c2)OCCO3)n(-c2ccccn2)n1. The summed E-state index contributed by atoms with van der Waals surface area (Å²) in [5, 5.41) is 4.31. The average Bonchev–Trinajstić information content (AvgIpc) is 3.01. The number of fused-ring (bicyclic) bond motifs is 1. The van der Waals surface area contributed by atoms with E-state index in [9.17, 15) is 8.42 Å². The Morgan fingerprint density at radius 1 is 1.08 bits per heavy atom. The summed E-state index contributed by atoms with van der Waals surface area (Å²) in [6.07, 6.45) is 1.62. The first-order valence-corrected chi connectivity index (χ1v) is 9.42. The summed E-state index contributed by atoms with van der Waals surface area (Å²) in [6, 6.07) is 11.5. The van der Waals surface area contributed by atoms with Crippen molar-refractivity contribution < 1.29 is 17.9 Å². The van der Waals surface area contributed by atoms with Crippen LogP contribution in [0.15, 0.2) is 53.6 Å². The highest BCUT2D eigenvalue weighted by molar-refractivity contribution is 7.92. The van der Waals surface area contributed by atoms with Crippen molar-refractivity contribution in [2.75, 3.05) is 17.9 Å². The highest BCUT2D eigenvalue weighted by atomic mass is 32.2. The maximum atomic E-state index is 12.8. The second-order valence-corrected chi connectivity index (χ2v) is 7.36. The summed E-state index contributed by atoms with van der Waals surface area (Å²) in [5.74, 6) is 1.76. The number of benzene rings is 1. The summed E-state index contributed by atoms with van der Waals surface area (Å²) >= 11 is 0. The van der Waals surface area contributed by atoms with Gasteiger partial charge in [0.1, 0.15) is 19.0 Å². The first-order valence-electron chi connectivity index (χ1n) is 7.93. The van der Waals surface area contributed by atoms with Gasteiger partial charge < -0.3 is 9.47 Å². The molecule has 134 valence electrons. The largest absolute Gasteiger partial charge is 0.486 e. The lowest BCUT2D eigenvalue weighted by atomic mass is 10.3. The van der Waals surface area contributed by atoms with Crippen LogP contribution in [-0.2, 0) is 10.0 Å². The number of nitrogens with one attached hydrogen (secondary N) is 1. The normalized spacial score (nSPS) is 13.4. The third kappa shape index (κ3) is 3.08. The Bertz CT molecular complexity index is 1050. The van der Waals surface area contributed by atoms with Gasteiger partial charge in [0.15, 0.2) is 17.3 Å². The standard InChI is InChI=1S/C17H16N4O4S/c1-12-10-17(21(19-12)16-4-2-3-7-18-16)20-26(22,23)13-5-6-14-15(11-13)25-9-8-24-14/h2-7,10-11,20H,8-9H2,1H3. The van der Waals surface area contributed by atoms with E-state index >= 15 is 0 Å². The van der Waals surface area contributed by atoms with Gasteiger partial charge in [0.25, 0.3) is 10.0 Å². The van der Waals surface area contributed by atoms with Gasteiger partial charge in [-0.1, -0.05) is 6.07 Å². The minimum atomic E-state index is -3.84. The van der Waals surface area contributed by atoms with E-state index in [1.54, 1.807) is 43.5 Å². The molecular weight excluding hydrogens is 356 g/mol. The van der Waals surface area contributed by atoms with Gasteiger partial charge in [0.2, 0.25) is 0 Å². The lowest BCUT2D eigenvalue weighted by Crippen LogP contribution is -2.18. The van der Waals surface area contributed by atoms with Crippen molar-refractivity contribution in [3.05, 3.63) is 54.4 Å². The number of ether oxygens (including phenoxy) is 2. The van der Waals surface area contributed by atoms with Crippen molar-refractivity contribution >= 4 is 15.8 Å². The zero-order chi connectivity index (χ0) is 18.1. The average molecular weight is 372 g/mol. The predicted molar refractivity (Wildman–Crippen MR) is 94.3 cm³/mol. The van der Waals surface area contributed by atoms with Gasteiger partial charge >= 0.3 is 0 Å². The summed E-state index contributed by atoms with van der Waals surface area (Å²) in [5.41, 5.74) is 0.663. The van der Waals surface area contributed by atoms with Gasteiger partial charge in [0.05, 0.1) is 10.6 Å². The van der Waals surface area contributed by atoms with Crippen molar-refractivity contribution in [3.63, 3.8) is 0 Å². The first kappa shape index (κ1) is 16.4. The monoisotopic (exact) mass is 372 g/mol. The number of hydrogen-bond acceptors (Lipinski definition) is 6. The van der Waals surface area contributed by atoms with E-state index in [4.69, 9.17) is 9.47 Å². The van der Waals surface area contributed by atoms with Gasteiger partial charge in [-0.3, -0.25) is 4.72 Å². The molecule has 0 saturated heterocycles. The van der Waals surface area contributed by atoms with Crippen LogP contribution in [-0.4, -0.2) is 36.4 Å². The second kappa shape index (κ2) is 6.34. The van der Waals surface area contributed by atoms with E-state index < -0.39 is 10.0 Å². The Balaban J connectivity index is 1.69. The fraction of sp³-hybridized carbons (Fsp3) is 0.176. The molecule has 9 heteroatoms. The molecule has 26 heavy (non-hydrogen) atoms. The van der Waals surface area contributed by atoms with Crippen molar-refractivity contribution in [3.8, 4) is 17.3 Å². The number of aryl methyl sites for hydroxylation is 1. The minimum Gasteiger partial charge on any atom is -0.486 e. The molecule has 0 radical (unpaired) electrons. The summed E-state index contributed by atoms with van der Waals surface area (Å²) in [4.78, 5) is 4.29. The Morgan fingerprint density at radius 3 is 2.65 bits per heavy atom. The van der Waals surface area contributed by atoms with E-state index in [1.165, 1.54) is 16.8 Å². The maximum Gasteiger partial charge on any atom is 0.263 e. The van der Waals surface area contributed by atoms with Crippen molar-refractivity contribution in [2.24, 2.45) is 0 Å². The molecule has 3 aromatic rings. The van der Waals surface area contributed by atoms with Gasteiger partial charge in [0, 0.05) is 18.3 Å². The van der Waals surface area contributed by atoms with Crippen LogP contribution >= 0.6 is 0 Å². The van der Waals surface area contributed by atoms with Crippen molar-refractivity contribution in [1.29, 1.82) is 0 Å². The Kier molecular flexibility index (Phi) is 4.00. The molecule has 1 N–H and O–H groups in total. The predicted octanol–water partition coefficient (Wildman–Crippen LogP) is 2.15. The number of rotatable bonds is 4. The molecule has 0 bridgehead atoms. The Morgan fingerprint density at radius 2 is 1.88 bits per heavy atom. The smallest absolute Gasteiger partial charge is 0.263 e. The Hall–Kier alpha value is -3.07. The van der Waals surface area contributed by atoms with E-state index in [-0.39, 0.29) is 4.90 Å². The van der Waals surface area contributed by atoms with Crippen LogP contribution < -0.4 is 14.2 Å². The molecule has 1 aromatic carbocycles. The Labute approximate surface area is 150 Å². The number of pyridine rings is 1. The molecule has 3 heterocycles. The van der Waals surface area contributed by atoms with E-state index in [0.29, 0.717) is 42.0 Å². The molecule has 2 aromatic heterocycles. The number of aromatic nitrogens is 3. The van der Waals surface area contributed by atoms with Crippen LogP contribution in [0, 0.1) is 6.92 Å². The van der Waals surface area contributed by atoms with Gasteiger partial charge in [-0.15, -0.1) is 0 Å². The van der Waals surface area contributed by atoms with Crippen LogP contribution in [0.5, 0.6) is 11.5 Å². The lowest BCUT2D eigenvalue weighted by molar-refractivity contribution is 0.171. The zero-order valence-electron chi connectivity index (χ0n) is 13.9. The number of anilines is 1. The van der Waals surface area contributed by atoms with E-state index in [0.717, 1.165) is 0 Å². The number of hydrogen-bond donors (Lipinski definition) is 1. The fourth-order valence-corrected chi connectivity index (χ4v) is 3.66. The molecule has 0 atom stereocenters. The molecule has 0 spiro atoms. The minimum absolute atomic E-state index is 0.0770. The fourth-order valence-electron chi connectivity index (χ4n) is 2.61. The van der Waals surface area contributed by atoms with Crippen LogP contribution in [0.2, 0.25) is 0 Å². The highest BCUT2D eigenvalue weighted by Crippen LogP contribution is 2.32. The summed E-state index contributed by atoms with van der Waals surface area (Å²) in [6.45, 7) is 2.61. The first-order chi connectivity index (χ1) is 12.5. The molecule has 0 saturated carbocycles.